The van der Waals surface area contributed by atoms with Gasteiger partial charge in [0.2, 0.25) is 11.8 Å². The van der Waals surface area contributed by atoms with Gasteiger partial charge in [-0.3, -0.25) is 29.4 Å². The average Bonchev–Trinajstić information content (AvgIpc) is 3.07. The quantitative estimate of drug-likeness (QED) is 0.842. The van der Waals surface area contributed by atoms with Gasteiger partial charge in [-0.25, -0.2) is 0 Å². The van der Waals surface area contributed by atoms with Gasteiger partial charge in [-0.05, 0) is 32.4 Å². The summed E-state index contributed by atoms with van der Waals surface area (Å²) in [6, 6.07) is 2.75. The summed E-state index contributed by atoms with van der Waals surface area (Å²) in [5.41, 5.74) is 0.618. The Balaban J connectivity index is 1.75. The largest absolute Gasteiger partial charge is 0.351 e. The molecule has 4 amide bonds. The highest BCUT2D eigenvalue weighted by Gasteiger charge is 2.44. The molecule has 7 nitrogen and oxygen atoms in total. The first-order valence-corrected chi connectivity index (χ1v) is 8.23. The highest BCUT2D eigenvalue weighted by molar-refractivity contribution is 6.25. The third-order valence-corrected chi connectivity index (χ3v) is 4.82. The average molecular weight is 339 g/mol. The zero-order valence-corrected chi connectivity index (χ0v) is 13.9. The number of carbonyl (C=O) groups is 4. The normalized spacial score (nSPS) is 20.6. The number of aromatic nitrogens is 1. The van der Waals surface area contributed by atoms with Crippen LogP contribution in [0.15, 0.2) is 24.5 Å². The fourth-order valence-electron chi connectivity index (χ4n) is 3.43. The number of fused-ring (bicyclic) bond motifs is 2. The van der Waals surface area contributed by atoms with Crippen LogP contribution in [0.25, 0.3) is 10.8 Å². The van der Waals surface area contributed by atoms with Crippen LogP contribution in [0.5, 0.6) is 0 Å². The van der Waals surface area contributed by atoms with E-state index in [1.165, 1.54) is 0 Å². The predicted molar refractivity (Wildman–Crippen MR) is 89.0 cm³/mol. The number of nitrogens with one attached hydrogen (secondary N) is 1. The second kappa shape index (κ2) is 5.27. The van der Waals surface area contributed by atoms with Gasteiger partial charge in [0.05, 0.1) is 11.1 Å². The predicted octanol–water partition coefficient (Wildman–Crippen LogP) is 1.62. The second-order valence-electron chi connectivity index (χ2n) is 6.77. The molecule has 2 aliphatic rings. The maximum absolute atomic E-state index is 12.8. The number of rotatable bonds is 2. The lowest BCUT2D eigenvalue weighted by molar-refractivity contribution is -0.136. The Kier molecular flexibility index (Phi) is 3.28. The van der Waals surface area contributed by atoms with Crippen molar-refractivity contribution in [2.45, 2.75) is 38.8 Å². The summed E-state index contributed by atoms with van der Waals surface area (Å²) >= 11 is 0. The van der Waals surface area contributed by atoms with Crippen LogP contribution in [-0.4, -0.2) is 39.1 Å². The molecule has 3 heterocycles. The van der Waals surface area contributed by atoms with Crippen LogP contribution in [0, 0.1) is 0 Å². The van der Waals surface area contributed by atoms with Crippen molar-refractivity contribution in [3.8, 4) is 0 Å². The Hall–Kier alpha value is -2.96. The Morgan fingerprint density at radius 1 is 1.00 bits per heavy atom. The van der Waals surface area contributed by atoms with E-state index < -0.39 is 23.8 Å². The van der Waals surface area contributed by atoms with Crippen LogP contribution in [-0.2, 0) is 9.59 Å². The van der Waals surface area contributed by atoms with Gasteiger partial charge >= 0.3 is 0 Å². The SMILES string of the molecule is CC(C)n1cc2cc3c(cc2c1)C(=O)N(C1CCC(=O)NC1=O)C3=O. The molecule has 0 saturated carbocycles. The Bertz CT molecular complexity index is 904. The molecule has 7 heteroatoms. The summed E-state index contributed by atoms with van der Waals surface area (Å²) in [4.78, 5) is 49.8. The van der Waals surface area contributed by atoms with Gasteiger partial charge in [-0.1, -0.05) is 0 Å². The van der Waals surface area contributed by atoms with Crippen molar-refractivity contribution in [1.29, 1.82) is 0 Å². The third-order valence-electron chi connectivity index (χ3n) is 4.82. The number of hydrogen-bond acceptors (Lipinski definition) is 4. The van der Waals surface area contributed by atoms with Gasteiger partial charge in [-0.15, -0.1) is 0 Å². The number of imide groups is 2. The first kappa shape index (κ1) is 15.6. The van der Waals surface area contributed by atoms with Crippen molar-refractivity contribution in [1.82, 2.24) is 14.8 Å². The van der Waals surface area contributed by atoms with Crippen molar-refractivity contribution in [3.05, 3.63) is 35.7 Å². The van der Waals surface area contributed by atoms with E-state index in [2.05, 4.69) is 5.32 Å². The molecule has 1 aromatic heterocycles. The maximum atomic E-state index is 12.8. The summed E-state index contributed by atoms with van der Waals surface area (Å²) in [5.74, 6) is -1.93. The van der Waals surface area contributed by atoms with Gasteiger partial charge in [0.25, 0.3) is 11.8 Å². The highest BCUT2D eigenvalue weighted by atomic mass is 16.2. The van der Waals surface area contributed by atoms with E-state index in [9.17, 15) is 19.2 Å². The van der Waals surface area contributed by atoms with E-state index in [4.69, 9.17) is 0 Å². The minimum atomic E-state index is -0.930. The molecule has 0 bridgehead atoms. The topological polar surface area (TPSA) is 88.5 Å². The number of hydrogen-bond donors (Lipinski definition) is 1. The van der Waals surface area contributed by atoms with Crippen LogP contribution < -0.4 is 5.32 Å². The van der Waals surface area contributed by atoms with Crippen molar-refractivity contribution < 1.29 is 19.2 Å². The number of amides is 4. The molecule has 4 rings (SSSR count). The maximum Gasteiger partial charge on any atom is 0.262 e. The van der Waals surface area contributed by atoms with E-state index >= 15 is 0 Å². The lowest BCUT2D eigenvalue weighted by Crippen LogP contribution is -2.54. The summed E-state index contributed by atoms with van der Waals surface area (Å²) in [7, 11) is 0. The van der Waals surface area contributed by atoms with Crippen molar-refractivity contribution in [2.24, 2.45) is 0 Å². The molecule has 1 atom stereocenters. The van der Waals surface area contributed by atoms with Gasteiger partial charge < -0.3 is 4.57 Å². The van der Waals surface area contributed by atoms with Crippen molar-refractivity contribution >= 4 is 34.4 Å². The summed E-state index contributed by atoms with van der Waals surface area (Å²) < 4.78 is 2.02. The molecule has 1 unspecified atom stereocenters. The van der Waals surface area contributed by atoms with Gasteiger partial charge in [0, 0.05) is 35.6 Å². The minimum absolute atomic E-state index is 0.116. The fraction of sp³-hybridized carbons (Fsp3) is 0.333. The number of benzene rings is 1. The Morgan fingerprint density at radius 2 is 1.56 bits per heavy atom. The Morgan fingerprint density at radius 3 is 2.04 bits per heavy atom. The lowest BCUT2D eigenvalue weighted by atomic mass is 10.0. The van der Waals surface area contributed by atoms with Crippen LogP contribution >= 0.6 is 0 Å². The fourth-order valence-corrected chi connectivity index (χ4v) is 3.43. The molecule has 25 heavy (non-hydrogen) atoms. The molecule has 0 spiro atoms. The molecule has 1 aromatic carbocycles. The molecule has 2 aliphatic heterocycles. The summed E-state index contributed by atoms with van der Waals surface area (Å²) in [5, 5.41) is 3.94. The smallest absolute Gasteiger partial charge is 0.262 e. The van der Waals surface area contributed by atoms with Gasteiger partial charge in [0.15, 0.2) is 0 Å². The molecule has 1 fully saturated rings. The zero-order chi connectivity index (χ0) is 17.9. The number of nitrogens with zero attached hydrogens (tertiary/aromatic N) is 2. The van der Waals surface area contributed by atoms with E-state index in [1.54, 1.807) is 12.1 Å². The monoisotopic (exact) mass is 339 g/mol. The first-order chi connectivity index (χ1) is 11.9. The molecule has 2 aromatic rings. The van der Waals surface area contributed by atoms with E-state index in [1.807, 2.05) is 30.8 Å². The Labute approximate surface area is 143 Å². The lowest BCUT2D eigenvalue weighted by Gasteiger charge is -2.27. The molecule has 0 aliphatic carbocycles. The molecular formula is C18H17N3O4. The van der Waals surface area contributed by atoms with Crippen molar-refractivity contribution in [2.75, 3.05) is 0 Å². The van der Waals surface area contributed by atoms with Gasteiger partial charge in [0.1, 0.15) is 6.04 Å². The minimum Gasteiger partial charge on any atom is -0.351 e. The highest BCUT2D eigenvalue weighted by Crippen LogP contribution is 2.31. The molecule has 1 N–H and O–H groups in total. The van der Waals surface area contributed by atoms with Crippen LogP contribution in [0.4, 0.5) is 0 Å². The van der Waals surface area contributed by atoms with E-state index in [-0.39, 0.29) is 24.8 Å². The second-order valence-corrected chi connectivity index (χ2v) is 6.77. The van der Waals surface area contributed by atoms with E-state index in [0.29, 0.717) is 11.1 Å². The van der Waals surface area contributed by atoms with Crippen LogP contribution in [0.1, 0.15) is 53.4 Å². The summed E-state index contributed by atoms with van der Waals surface area (Å²) in [6.07, 6.45) is 4.15. The standard InChI is InChI=1S/C18H17N3O4/c1-9(2)20-7-10-5-12-13(6-11(10)8-20)18(25)21(17(12)24)14-3-4-15(22)19-16(14)23/h5-9,14H,3-4H2,1-2H3,(H,19,22,23). The van der Waals surface area contributed by atoms with Crippen molar-refractivity contribution in [3.63, 3.8) is 0 Å². The van der Waals surface area contributed by atoms with Gasteiger partial charge in [-0.2, -0.15) is 0 Å². The molecule has 0 radical (unpaired) electrons. The molecular weight excluding hydrogens is 322 g/mol. The van der Waals surface area contributed by atoms with Crippen LogP contribution in [0.2, 0.25) is 0 Å². The number of piperidine rings is 1. The summed E-state index contributed by atoms with van der Waals surface area (Å²) in [6.45, 7) is 4.10. The molecule has 128 valence electrons. The third kappa shape index (κ3) is 2.26. The van der Waals surface area contributed by atoms with E-state index in [0.717, 1.165) is 15.7 Å². The molecule has 1 saturated heterocycles. The first-order valence-electron chi connectivity index (χ1n) is 8.23. The van der Waals surface area contributed by atoms with Crippen LogP contribution in [0.3, 0.4) is 0 Å². The number of carbonyl (C=O) groups excluding carboxylic acids is 4. The zero-order valence-electron chi connectivity index (χ0n) is 13.9.